The summed E-state index contributed by atoms with van der Waals surface area (Å²) in [6.45, 7) is 6.71. The fourth-order valence-electron chi connectivity index (χ4n) is 2.99. The van der Waals surface area contributed by atoms with Gasteiger partial charge < -0.3 is 10.4 Å². The normalized spacial score (nSPS) is 20.0. The van der Waals surface area contributed by atoms with Crippen LogP contribution < -0.4 is 5.32 Å². The second-order valence-corrected chi connectivity index (χ2v) is 5.95. The Labute approximate surface area is 110 Å². The Morgan fingerprint density at radius 3 is 2.56 bits per heavy atom. The van der Waals surface area contributed by atoms with Crippen molar-refractivity contribution in [3.05, 3.63) is 34.9 Å². The number of aryl methyl sites for hydroxylation is 2. The first-order valence-electron chi connectivity index (χ1n) is 7.02. The van der Waals surface area contributed by atoms with E-state index in [9.17, 15) is 5.11 Å². The van der Waals surface area contributed by atoms with E-state index in [-0.39, 0.29) is 0 Å². The van der Waals surface area contributed by atoms with Gasteiger partial charge in [-0.1, -0.05) is 36.6 Å². The molecule has 18 heavy (non-hydrogen) atoms. The summed E-state index contributed by atoms with van der Waals surface area (Å²) in [4.78, 5) is 0. The maximum atomic E-state index is 10.7. The third-order valence-corrected chi connectivity index (χ3v) is 4.05. The van der Waals surface area contributed by atoms with Crippen LogP contribution in [0.25, 0.3) is 0 Å². The van der Waals surface area contributed by atoms with Gasteiger partial charge in [-0.3, -0.25) is 0 Å². The number of rotatable bonds is 4. The molecule has 1 aliphatic rings. The minimum Gasteiger partial charge on any atom is -0.384 e. The van der Waals surface area contributed by atoms with Gasteiger partial charge in [0, 0.05) is 12.6 Å². The standard InChI is InChI=1S/C16H25NO/c1-12-8-9-15(13(2)10-12)16(3,18)11-17-14-6-4-5-7-14/h8-10,14,17-18H,4-7,11H2,1-3H3. The first kappa shape index (κ1) is 13.6. The van der Waals surface area contributed by atoms with Gasteiger partial charge in [0.05, 0.1) is 5.60 Å². The summed E-state index contributed by atoms with van der Waals surface area (Å²) < 4.78 is 0. The molecule has 0 bridgehead atoms. The van der Waals surface area contributed by atoms with Crippen LogP contribution in [0.3, 0.4) is 0 Å². The molecular weight excluding hydrogens is 222 g/mol. The second kappa shape index (κ2) is 5.41. The summed E-state index contributed by atoms with van der Waals surface area (Å²) in [6.07, 6.45) is 5.15. The smallest absolute Gasteiger partial charge is 0.0994 e. The summed E-state index contributed by atoms with van der Waals surface area (Å²) in [6, 6.07) is 6.87. The zero-order valence-electron chi connectivity index (χ0n) is 11.8. The van der Waals surface area contributed by atoms with Crippen LogP contribution in [0.2, 0.25) is 0 Å². The van der Waals surface area contributed by atoms with E-state index in [1.54, 1.807) is 0 Å². The van der Waals surface area contributed by atoms with Crippen molar-refractivity contribution in [2.24, 2.45) is 0 Å². The van der Waals surface area contributed by atoms with Gasteiger partial charge in [-0.25, -0.2) is 0 Å². The Hall–Kier alpha value is -0.860. The largest absolute Gasteiger partial charge is 0.384 e. The van der Waals surface area contributed by atoms with E-state index in [0.717, 1.165) is 5.56 Å². The number of benzene rings is 1. The second-order valence-electron chi connectivity index (χ2n) is 5.95. The molecule has 1 fully saturated rings. The van der Waals surface area contributed by atoms with Crippen LogP contribution in [0.1, 0.15) is 49.3 Å². The molecule has 2 rings (SSSR count). The average Bonchev–Trinajstić information content (AvgIpc) is 2.78. The van der Waals surface area contributed by atoms with E-state index in [1.807, 2.05) is 6.92 Å². The molecule has 0 saturated heterocycles. The minimum absolute atomic E-state index is 0.599. The van der Waals surface area contributed by atoms with Gasteiger partial charge in [0.2, 0.25) is 0 Å². The number of hydrogen-bond acceptors (Lipinski definition) is 2. The lowest BCUT2D eigenvalue weighted by atomic mass is 9.90. The van der Waals surface area contributed by atoms with E-state index in [4.69, 9.17) is 0 Å². The highest BCUT2D eigenvalue weighted by Gasteiger charge is 2.26. The molecule has 2 N–H and O–H groups in total. The van der Waals surface area contributed by atoms with Crippen LogP contribution in [0.4, 0.5) is 0 Å². The maximum Gasteiger partial charge on any atom is 0.0994 e. The molecule has 1 saturated carbocycles. The molecule has 2 nitrogen and oxygen atoms in total. The van der Waals surface area contributed by atoms with E-state index >= 15 is 0 Å². The topological polar surface area (TPSA) is 32.3 Å². The van der Waals surface area contributed by atoms with Gasteiger partial charge >= 0.3 is 0 Å². The van der Waals surface area contributed by atoms with Crippen molar-refractivity contribution in [1.82, 2.24) is 5.32 Å². The lowest BCUT2D eigenvalue weighted by Gasteiger charge is -2.28. The number of nitrogens with one attached hydrogen (secondary N) is 1. The van der Waals surface area contributed by atoms with Gasteiger partial charge in [-0.15, -0.1) is 0 Å². The molecule has 1 aromatic rings. The molecule has 0 spiro atoms. The molecule has 0 radical (unpaired) electrons. The predicted molar refractivity (Wildman–Crippen MR) is 75.7 cm³/mol. The zero-order chi connectivity index (χ0) is 13.2. The van der Waals surface area contributed by atoms with E-state index in [0.29, 0.717) is 12.6 Å². The van der Waals surface area contributed by atoms with Crippen LogP contribution >= 0.6 is 0 Å². The Kier molecular flexibility index (Phi) is 4.08. The summed E-state index contributed by atoms with van der Waals surface area (Å²) in [7, 11) is 0. The molecule has 0 amide bonds. The van der Waals surface area contributed by atoms with Crippen molar-refractivity contribution >= 4 is 0 Å². The summed E-state index contributed by atoms with van der Waals surface area (Å²) >= 11 is 0. The highest BCUT2D eigenvalue weighted by Crippen LogP contribution is 2.25. The molecular formula is C16H25NO. The molecule has 0 aliphatic heterocycles. The van der Waals surface area contributed by atoms with E-state index in [1.165, 1.54) is 36.8 Å². The van der Waals surface area contributed by atoms with Gasteiger partial charge in [-0.2, -0.15) is 0 Å². The minimum atomic E-state index is -0.777. The Balaban J connectivity index is 2.04. The molecule has 2 heteroatoms. The van der Waals surface area contributed by atoms with Crippen molar-refractivity contribution in [2.45, 2.75) is 58.1 Å². The van der Waals surface area contributed by atoms with Gasteiger partial charge in [0.15, 0.2) is 0 Å². The summed E-state index contributed by atoms with van der Waals surface area (Å²) in [5.74, 6) is 0. The van der Waals surface area contributed by atoms with Crippen LogP contribution in [0.5, 0.6) is 0 Å². The first-order chi connectivity index (χ1) is 8.49. The molecule has 0 heterocycles. The fourth-order valence-corrected chi connectivity index (χ4v) is 2.99. The zero-order valence-corrected chi connectivity index (χ0v) is 11.8. The molecule has 1 atom stereocenters. The van der Waals surface area contributed by atoms with Crippen molar-refractivity contribution in [2.75, 3.05) is 6.54 Å². The molecule has 1 aliphatic carbocycles. The molecule has 1 aromatic carbocycles. The Bertz CT molecular complexity index is 406. The van der Waals surface area contributed by atoms with Crippen molar-refractivity contribution < 1.29 is 5.11 Å². The fraction of sp³-hybridized carbons (Fsp3) is 0.625. The predicted octanol–water partition coefficient (Wildman–Crippen LogP) is 3.04. The van der Waals surface area contributed by atoms with Crippen LogP contribution in [-0.4, -0.2) is 17.7 Å². The third kappa shape index (κ3) is 3.12. The van der Waals surface area contributed by atoms with Gasteiger partial charge in [-0.05, 0) is 44.7 Å². The monoisotopic (exact) mass is 247 g/mol. The molecule has 100 valence electrons. The van der Waals surface area contributed by atoms with Crippen LogP contribution in [-0.2, 0) is 5.60 Å². The number of hydrogen-bond donors (Lipinski definition) is 2. The lowest BCUT2D eigenvalue weighted by molar-refractivity contribution is 0.0534. The quantitative estimate of drug-likeness (QED) is 0.857. The molecule has 1 unspecified atom stereocenters. The van der Waals surface area contributed by atoms with Crippen molar-refractivity contribution in [3.63, 3.8) is 0 Å². The number of aliphatic hydroxyl groups is 1. The van der Waals surface area contributed by atoms with Crippen molar-refractivity contribution in [3.8, 4) is 0 Å². The van der Waals surface area contributed by atoms with Crippen LogP contribution in [0, 0.1) is 13.8 Å². The van der Waals surface area contributed by atoms with Gasteiger partial charge in [0.25, 0.3) is 0 Å². The third-order valence-electron chi connectivity index (χ3n) is 4.05. The Morgan fingerprint density at radius 1 is 1.28 bits per heavy atom. The average molecular weight is 247 g/mol. The van der Waals surface area contributed by atoms with Crippen LogP contribution in [0.15, 0.2) is 18.2 Å². The Morgan fingerprint density at radius 2 is 1.94 bits per heavy atom. The summed E-state index contributed by atoms with van der Waals surface area (Å²) in [5, 5.41) is 14.2. The van der Waals surface area contributed by atoms with Gasteiger partial charge in [0.1, 0.15) is 0 Å². The van der Waals surface area contributed by atoms with E-state index in [2.05, 4.69) is 37.4 Å². The van der Waals surface area contributed by atoms with E-state index < -0.39 is 5.60 Å². The highest BCUT2D eigenvalue weighted by atomic mass is 16.3. The highest BCUT2D eigenvalue weighted by molar-refractivity contribution is 5.34. The first-order valence-corrected chi connectivity index (χ1v) is 7.02. The SMILES string of the molecule is Cc1ccc(C(C)(O)CNC2CCCC2)c(C)c1. The maximum absolute atomic E-state index is 10.7. The molecule has 0 aromatic heterocycles. The lowest BCUT2D eigenvalue weighted by Crippen LogP contribution is -2.40. The van der Waals surface area contributed by atoms with Crippen molar-refractivity contribution in [1.29, 1.82) is 0 Å². The summed E-state index contributed by atoms with van der Waals surface area (Å²) in [5.41, 5.74) is 2.68.